The van der Waals surface area contributed by atoms with Crippen molar-refractivity contribution in [2.45, 2.75) is 25.8 Å². The Morgan fingerprint density at radius 2 is 2.35 bits per heavy atom. The van der Waals surface area contributed by atoms with Crippen LogP contribution < -0.4 is 11.1 Å². The molecule has 0 radical (unpaired) electrons. The second-order valence-electron chi connectivity index (χ2n) is 4.59. The molecule has 1 amide bonds. The van der Waals surface area contributed by atoms with E-state index in [1.807, 2.05) is 6.92 Å². The van der Waals surface area contributed by atoms with Crippen LogP contribution in [0.25, 0.3) is 0 Å². The lowest BCUT2D eigenvalue weighted by atomic mass is 10.1. The normalized spacial score (nSPS) is 18.2. The van der Waals surface area contributed by atoms with E-state index in [0.717, 1.165) is 31.5 Å². The molecule has 6 heteroatoms. The summed E-state index contributed by atoms with van der Waals surface area (Å²) >= 11 is 0. The van der Waals surface area contributed by atoms with Gasteiger partial charge in [0.15, 0.2) is 0 Å². The van der Waals surface area contributed by atoms with Crippen molar-refractivity contribution in [2.75, 3.05) is 25.0 Å². The molecule has 0 bridgehead atoms. The number of nitrogens with one attached hydrogen (secondary N) is 2. The highest BCUT2D eigenvalue weighted by Crippen LogP contribution is 2.10. The number of piperidine rings is 1. The first-order chi connectivity index (χ1) is 8.15. The van der Waals surface area contributed by atoms with Crippen LogP contribution in [0.1, 0.15) is 18.4 Å². The Morgan fingerprint density at radius 1 is 1.65 bits per heavy atom. The fraction of sp³-hybridized carbons (Fsp3) is 0.636. The van der Waals surface area contributed by atoms with E-state index in [0.29, 0.717) is 18.4 Å². The van der Waals surface area contributed by atoms with Gasteiger partial charge in [0.2, 0.25) is 5.91 Å². The van der Waals surface area contributed by atoms with E-state index in [1.165, 1.54) is 0 Å². The van der Waals surface area contributed by atoms with Crippen molar-refractivity contribution in [2.24, 2.45) is 5.73 Å². The maximum Gasteiger partial charge on any atom is 0.239 e. The van der Waals surface area contributed by atoms with Crippen molar-refractivity contribution in [3.63, 3.8) is 0 Å². The van der Waals surface area contributed by atoms with E-state index in [-0.39, 0.29) is 5.91 Å². The quantitative estimate of drug-likeness (QED) is 0.695. The molecule has 1 saturated heterocycles. The minimum Gasteiger partial charge on any atom is -0.328 e. The molecule has 0 aromatic carbocycles. The van der Waals surface area contributed by atoms with Crippen LogP contribution in [0.15, 0.2) is 6.20 Å². The van der Waals surface area contributed by atoms with Crippen molar-refractivity contribution >= 4 is 11.7 Å². The van der Waals surface area contributed by atoms with Gasteiger partial charge in [-0.05, 0) is 19.8 Å². The second-order valence-corrected chi connectivity index (χ2v) is 4.59. The molecule has 0 aliphatic carbocycles. The second kappa shape index (κ2) is 5.29. The first kappa shape index (κ1) is 12.1. The number of H-pyrrole nitrogens is 1. The van der Waals surface area contributed by atoms with Crippen LogP contribution >= 0.6 is 0 Å². The average molecular weight is 237 g/mol. The van der Waals surface area contributed by atoms with Gasteiger partial charge in [-0.3, -0.25) is 14.8 Å². The van der Waals surface area contributed by atoms with Gasteiger partial charge in [-0.25, -0.2) is 0 Å². The van der Waals surface area contributed by atoms with Gasteiger partial charge in [0.05, 0.1) is 12.7 Å². The minimum absolute atomic E-state index is 0.00665. The van der Waals surface area contributed by atoms with Gasteiger partial charge in [-0.1, -0.05) is 0 Å². The standard InChI is InChI=1S/C11H19N5O/c1-8-6-13-15-11(8)14-10(17)7-16-4-2-9(12)3-5-16/h6,9H,2-5,7,12H2,1H3,(H2,13,14,15,17). The fourth-order valence-corrected chi connectivity index (χ4v) is 1.97. The largest absolute Gasteiger partial charge is 0.328 e. The highest BCUT2D eigenvalue weighted by molar-refractivity contribution is 5.91. The third-order valence-corrected chi connectivity index (χ3v) is 3.09. The maximum absolute atomic E-state index is 11.8. The molecule has 1 aromatic rings. The first-order valence-corrected chi connectivity index (χ1v) is 5.93. The van der Waals surface area contributed by atoms with Gasteiger partial charge in [-0.2, -0.15) is 5.10 Å². The van der Waals surface area contributed by atoms with E-state index < -0.39 is 0 Å². The molecule has 0 saturated carbocycles. The van der Waals surface area contributed by atoms with E-state index in [9.17, 15) is 4.79 Å². The summed E-state index contributed by atoms with van der Waals surface area (Å²) < 4.78 is 0. The molecule has 17 heavy (non-hydrogen) atoms. The molecule has 0 atom stereocenters. The maximum atomic E-state index is 11.8. The van der Waals surface area contributed by atoms with Gasteiger partial charge >= 0.3 is 0 Å². The summed E-state index contributed by atoms with van der Waals surface area (Å²) in [6.45, 7) is 4.12. The summed E-state index contributed by atoms with van der Waals surface area (Å²) in [7, 11) is 0. The van der Waals surface area contributed by atoms with Gasteiger partial charge in [0.25, 0.3) is 0 Å². The van der Waals surface area contributed by atoms with Crippen LogP contribution in [-0.4, -0.2) is 46.7 Å². The van der Waals surface area contributed by atoms with E-state index in [1.54, 1.807) is 6.20 Å². The third-order valence-electron chi connectivity index (χ3n) is 3.09. The highest BCUT2D eigenvalue weighted by atomic mass is 16.2. The highest BCUT2D eigenvalue weighted by Gasteiger charge is 2.18. The fourth-order valence-electron chi connectivity index (χ4n) is 1.97. The predicted octanol–water partition coefficient (Wildman–Crippen LogP) is 0.0797. The predicted molar refractivity (Wildman–Crippen MR) is 65.6 cm³/mol. The van der Waals surface area contributed by atoms with Gasteiger partial charge in [0, 0.05) is 24.7 Å². The molecule has 0 spiro atoms. The average Bonchev–Trinajstić information content (AvgIpc) is 2.68. The summed E-state index contributed by atoms with van der Waals surface area (Å²) in [5.74, 6) is 0.677. The van der Waals surface area contributed by atoms with Crippen molar-refractivity contribution in [1.29, 1.82) is 0 Å². The number of nitrogens with two attached hydrogens (primary N) is 1. The molecule has 4 N–H and O–H groups in total. The summed E-state index contributed by atoms with van der Waals surface area (Å²) in [5.41, 5.74) is 6.76. The Morgan fingerprint density at radius 3 is 2.94 bits per heavy atom. The van der Waals surface area contributed by atoms with Gasteiger partial charge < -0.3 is 11.1 Å². The third kappa shape index (κ3) is 3.28. The number of carbonyl (C=O) groups excluding carboxylic acids is 1. The number of nitrogens with zero attached hydrogens (tertiary/aromatic N) is 2. The van der Waals surface area contributed by atoms with Crippen LogP contribution in [0.5, 0.6) is 0 Å². The lowest BCUT2D eigenvalue weighted by Gasteiger charge is -2.29. The van der Waals surface area contributed by atoms with E-state index in [2.05, 4.69) is 20.4 Å². The van der Waals surface area contributed by atoms with Crippen molar-refractivity contribution in [3.05, 3.63) is 11.8 Å². The van der Waals surface area contributed by atoms with E-state index in [4.69, 9.17) is 5.73 Å². The minimum atomic E-state index is -0.00665. The molecule has 2 rings (SSSR count). The lowest BCUT2D eigenvalue weighted by molar-refractivity contribution is -0.117. The van der Waals surface area contributed by atoms with Gasteiger partial charge in [0.1, 0.15) is 5.82 Å². The summed E-state index contributed by atoms with van der Waals surface area (Å²) in [6.07, 6.45) is 3.63. The number of rotatable bonds is 3. The zero-order chi connectivity index (χ0) is 12.3. The number of aromatic nitrogens is 2. The Labute approximate surface area is 101 Å². The zero-order valence-electron chi connectivity index (χ0n) is 10.1. The summed E-state index contributed by atoms with van der Waals surface area (Å²) in [6, 6.07) is 0.296. The van der Waals surface area contributed by atoms with Crippen LogP contribution in [0.4, 0.5) is 5.82 Å². The molecule has 1 fully saturated rings. The number of likely N-dealkylation sites (tertiary alicyclic amines) is 1. The molecule has 1 aromatic heterocycles. The van der Waals surface area contributed by atoms with Crippen molar-refractivity contribution < 1.29 is 4.79 Å². The number of aromatic amines is 1. The lowest BCUT2D eigenvalue weighted by Crippen LogP contribution is -2.43. The number of carbonyl (C=O) groups is 1. The Bertz CT molecular complexity index is 381. The van der Waals surface area contributed by atoms with E-state index >= 15 is 0 Å². The smallest absolute Gasteiger partial charge is 0.239 e. The topological polar surface area (TPSA) is 87.0 Å². The Kier molecular flexibility index (Phi) is 3.75. The van der Waals surface area contributed by atoms with Crippen LogP contribution in [0.2, 0.25) is 0 Å². The molecule has 94 valence electrons. The van der Waals surface area contributed by atoms with Crippen molar-refractivity contribution in [1.82, 2.24) is 15.1 Å². The monoisotopic (exact) mass is 237 g/mol. The molecule has 6 nitrogen and oxygen atoms in total. The number of aryl methyl sites for hydroxylation is 1. The van der Waals surface area contributed by atoms with Crippen LogP contribution in [0, 0.1) is 6.92 Å². The molecule has 1 aliphatic rings. The molecular formula is C11H19N5O. The summed E-state index contributed by atoms with van der Waals surface area (Å²) in [5, 5.41) is 9.44. The van der Waals surface area contributed by atoms with Crippen LogP contribution in [0.3, 0.4) is 0 Å². The zero-order valence-corrected chi connectivity index (χ0v) is 10.1. The molecular weight excluding hydrogens is 218 g/mol. The summed E-state index contributed by atoms with van der Waals surface area (Å²) in [4.78, 5) is 13.9. The van der Waals surface area contributed by atoms with Crippen molar-refractivity contribution in [3.8, 4) is 0 Å². The Hall–Kier alpha value is -1.40. The number of amides is 1. The van der Waals surface area contributed by atoms with Crippen LogP contribution in [-0.2, 0) is 4.79 Å². The van der Waals surface area contributed by atoms with Gasteiger partial charge in [-0.15, -0.1) is 0 Å². The number of anilines is 1. The number of hydrogen-bond acceptors (Lipinski definition) is 4. The molecule has 1 aliphatic heterocycles. The first-order valence-electron chi connectivity index (χ1n) is 5.93. The number of hydrogen-bond donors (Lipinski definition) is 3. The SMILES string of the molecule is Cc1cn[nH]c1NC(=O)CN1CCC(N)CC1. The molecule has 2 heterocycles. The Balaban J connectivity index is 1.80. The molecule has 0 unspecified atom stereocenters.